The Hall–Kier alpha value is -2.88. The number of amides is 1. The van der Waals surface area contributed by atoms with E-state index in [0.717, 1.165) is 0 Å². The SMILES string of the molecule is COc1ccc(-c2cc(C(N)=O)nn2-c2ccc(S(N)(=O)=O)cc2)cc1Cl. The summed E-state index contributed by atoms with van der Waals surface area (Å²) in [6, 6.07) is 12.4. The number of aromatic nitrogens is 2. The topological polar surface area (TPSA) is 130 Å². The van der Waals surface area contributed by atoms with Gasteiger partial charge < -0.3 is 10.5 Å². The number of carbonyl (C=O) groups is 1. The zero-order valence-electron chi connectivity index (χ0n) is 14.1. The number of methoxy groups -OCH3 is 1. The van der Waals surface area contributed by atoms with Gasteiger partial charge in [0.25, 0.3) is 5.91 Å². The highest BCUT2D eigenvalue weighted by Crippen LogP contribution is 2.31. The molecule has 4 N–H and O–H groups in total. The summed E-state index contributed by atoms with van der Waals surface area (Å²) in [6.07, 6.45) is 0. The molecule has 0 radical (unpaired) electrons. The van der Waals surface area contributed by atoms with Crippen LogP contribution in [0.5, 0.6) is 5.75 Å². The summed E-state index contributed by atoms with van der Waals surface area (Å²) in [5.74, 6) is -0.199. The number of carbonyl (C=O) groups excluding carboxylic acids is 1. The molecule has 2 aromatic carbocycles. The minimum absolute atomic E-state index is 0.0393. The third-order valence-corrected chi connectivity index (χ3v) is 5.04. The average molecular weight is 407 g/mol. The van der Waals surface area contributed by atoms with E-state index in [1.54, 1.807) is 18.2 Å². The van der Waals surface area contributed by atoms with Gasteiger partial charge in [0.05, 0.1) is 28.4 Å². The Morgan fingerprint density at radius 1 is 1.15 bits per heavy atom. The van der Waals surface area contributed by atoms with Gasteiger partial charge in [-0.2, -0.15) is 5.10 Å². The van der Waals surface area contributed by atoms with Crippen LogP contribution in [0.2, 0.25) is 5.02 Å². The van der Waals surface area contributed by atoms with Crippen molar-refractivity contribution in [3.8, 4) is 22.7 Å². The van der Waals surface area contributed by atoms with Crippen LogP contribution in [0.25, 0.3) is 16.9 Å². The van der Waals surface area contributed by atoms with Crippen molar-refractivity contribution >= 4 is 27.5 Å². The highest BCUT2D eigenvalue weighted by atomic mass is 35.5. The van der Waals surface area contributed by atoms with Crippen molar-refractivity contribution in [2.75, 3.05) is 7.11 Å². The van der Waals surface area contributed by atoms with E-state index in [1.807, 2.05) is 0 Å². The first-order valence-electron chi connectivity index (χ1n) is 7.57. The van der Waals surface area contributed by atoms with E-state index in [4.69, 9.17) is 27.2 Å². The molecule has 140 valence electrons. The molecule has 0 saturated heterocycles. The maximum atomic E-state index is 11.6. The number of rotatable bonds is 5. The first-order valence-corrected chi connectivity index (χ1v) is 9.50. The van der Waals surface area contributed by atoms with Gasteiger partial charge in [0.1, 0.15) is 5.75 Å². The molecule has 1 amide bonds. The largest absolute Gasteiger partial charge is 0.495 e. The van der Waals surface area contributed by atoms with Crippen LogP contribution in [-0.2, 0) is 10.0 Å². The first-order chi connectivity index (χ1) is 12.7. The van der Waals surface area contributed by atoms with Crippen molar-refractivity contribution in [1.29, 1.82) is 0 Å². The molecule has 3 aromatic rings. The average Bonchev–Trinajstić information content (AvgIpc) is 3.06. The molecule has 0 saturated carbocycles. The lowest BCUT2D eigenvalue weighted by Gasteiger charge is -2.10. The fourth-order valence-corrected chi connectivity index (χ4v) is 3.28. The molecule has 27 heavy (non-hydrogen) atoms. The van der Waals surface area contributed by atoms with Crippen molar-refractivity contribution in [3.63, 3.8) is 0 Å². The number of primary sulfonamides is 1. The number of benzene rings is 2. The minimum atomic E-state index is -3.82. The smallest absolute Gasteiger partial charge is 0.269 e. The Kier molecular flexibility index (Phi) is 4.92. The Labute approximate surface area is 160 Å². The second kappa shape index (κ2) is 7.03. The molecule has 0 unspecified atom stereocenters. The molecule has 1 aromatic heterocycles. The summed E-state index contributed by atoms with van der Waals surface area (Å²) in [7, 11) is -2.32. The molecule has 3 rings (SSSR count). The highest BCUT2D eigenvalue weighted by molar-refractivity contribution is 7.89. The summed E-state index contributed by atoms with van der Waals surface area (Å²) in [5, 5.41) is 9.71. The van der Waals surface area contributed by atoms with Gasteiger partial charge in [-0.3, -0.25) is 4.79 Å². The van der Waals surface area contributed by atoms with Crippen molar-refractivity contribution in [3.05, 3.63) is 59.2 Å². The second-order valence-corrected chi connectivity index (χ2v) is 7.55. The van der Waals surface area contributed by atoms with E-state index in [1.165, 1.54) is 42.1 Å². The van der Waals surface area contributed by atoms with Gasteiger partial charge in [-0.25, -0.2) is 18.2 Å². The molecule has 0 bridgehead atoms. The standard InChI is InChI=1S/C17H15ClN4O4S/c1-26-16-7-2-10(8-13(16)18)15-9-14(17(19)23)21-22(15)11-3-5-12(6-4-11)27(20,24)25/h2-9H,1H3,(H2,19,23)(H2,20,24,25). The molecule has 0 aliphatic heterocycles. The van der Waals surface area contributed by atoms with Crippen LogP contribution in [0.1, 0.15) is 10.5 Å². The van der Waals surface area contributed by atoms with Gasteiger partial charge in [-0.15, -0.1) is 0 Å². The number of primary amides is 1. The number of hydrogen-bond donors (Lipinski definition) is 2. The molecule has 1 heterocycles. The summed E-state index contributed by atoms with van der Waals surface area (Å²) in [4.78, 5) is 11.5. The Morgan fingerprint density at radius 3 is 2.33 bits per heavy atom. The van der Waals surface area contributed by atoms with E-state index in [-0.39, 0.29) is 10.6 Å². The van der Waals surface area contributed by atoms with Crippen LogP contribution >= 0.6 is 11.6 Å². The van der Waals surface area contributed by atoms with Gasteiger partial charge >= 0.3 is 0 Å². The number of ether oxygens (including phenoxy) is 1. The van der Waals surface area contributed by atoms with Crippen LogP contribution in [0.3, 0.4) is 0 Å². The van der Waals surface area contributed by atoms with Gasteiger partial charge in [0.15, 0.2) is 5.69 Å². The second-order valence-electron chi connectivity index (χ2n) is 5.58. The summed E-state index contributed by atoms with van der Waals surface area (Å²) < 4.78 is 29.5. The fourth-order valence-electron chi connectivity index (χ4n) is 2.51. The van der Waals surface area contributed by atoms with Crippen LogP contribution < -0.4 is 15.6 Å². The van der Waals surface area contributed by atoms with Crippen LogP contribution in [-0.4, -0.2) is 31.2 Å². The Morgan fingerprint density at radius 2 is 1.81 bits per heavy atom. The monoisotopic (exact) mass is 406 g/mol. The molecule has 0 aliphatic carbocycles. The van der Waals surface area contributed by atoms with Crippen LogP contribution in [0.15, 0.2) is 53.4 Å². The van der Waals surface area contributed by atoms with Crippen molar-refractivity contribution in [2.24, 2.45) is 10.9 Å². The number of hydrogen-bond acceptors (Lipinski definition) is 5. The lowest BCUT2D eigenvalue weighted by molar-refractivity contribution is 0.0995. The van der Waals surface area contributed by atoms with E-state index >= 15 is 0 Å². The lowest BCUT2D eigenvalue weighted by atomic mass is 10.1. The normalized spacial score (nSPS) is 11.4. The number of nitrogens with two attached hydrogens (primary N) is 2. The first kappa shape index (κ1) is 18.9. The molecular weight excluding hydrogens is 392 g/mol. The van der Waals surface area contributed by atoms with Crippen molar-refractivity contribution in [2.45, 2.75) is 4.90 Å². The van der Waals surface area contributed by atoms with Gasteiger partial charge in [0, 0.05) is 5.56 Å². The predicted octanol–water partition coefficient (Wildman–Crippen LogP) is 1.95. The maximum absolute atomic E-state index is 11.6. The van der Waals surface area contributed by atoms with E-state index < -0.39 is 15.9 Å². The summed E-state index contributed by atoms with van der Waals surface area (Å²) >= 11 is 6.19. The molecular formula is C17H15ClN4O4S. The van der Waals surface area contributed by atoms with E-state index in [9.17, 15) is 13.2 Å². The molecule has 10 heteroatoms. The minimum Gasteiger partial charge on any atom is -0.495 e. The summed E-state index contributed by atoms with van der Waals surface area (Å²) in [5.41, 5.74) is 7.11. The highest BCUT2D eigenvalue weighted by Gasteiger charge is 2.17. The summed E-state index contributed by atoms with van der Waals surface area (Å²) in [6.45, 7) is 0. The van der Waals surface area contributed by atoms with Gasteiger partial charge in [0.2, 0.25) is 10.0 Å². The molecule has 0 aliphatic rings. The number of sulfonamides is 1. The predicted molar refractivity (Wildman–Crippen MR) is 100 cm³/mol. The van der Waals surface area contributed by atoms with Gasteiger partial charge in [-0.1, -0.05) is 11.6 Å². The molecule has 0 spiro atoms. The van der Waals surface area contributed by atoms with Crippen molar-refractivity contribution in [1.82, 2.24) is 9.78 Å². The van der Waals surface area contributed by atoms with E-state index in [2.05, 4.69) is 5.10 Å². The zero-order valence-corrected chi connectivity index (χ0v) is 15.7. The molecule has 0 fully saturated rings. The maximum Gasteiger partial charge on any atom is 0.269 e. The fraction of sp³-hybridized carbons (Fsp3) is 0.0588. The van der Waals surface area contributed by atoms with Crippen LogP contribution in [0, 0.1) is 0 Å². The third-order valence-electron chi connectivity index (χ3n) is 3.82. The molecule has 0 atom stereocenters. The number of halogens is 1. The Balaban J connectivity index is 2.15. The van der Waals surface area contributed by atoms with Gasteiger partial charge in [-0.05, 0) is 48.5 Å². The zero-order chi connectivity index (χ0) is 19.8. The molecule has 8 nitrogen and oxygen atoms in total. The van der Waals surface area contributed by atoms with E-state index in [0.29, 0.717) is 27.7 Å². The lowest BCUT2D eigenvalue weighted by Crippen LogP contribution is -2.13. The van der Waals surface area contributed by atoms with Crippen LogP contribution in [0.4, 0.5) is 0 Å². The third kappa shape index (κ3) is 3.80. The van der Waals surface area contributed by atoms with Crippen molar-refractivity contribution < 1.29 is 17.9 Å². The quantitative estimate of drug-likeness (QED) is 0.668. The number of nitrogens with zero attached hydrogens (tertiary/aromatic N) is 2. The Bertz CT molecular complexity index is 1120.